The van der Waals surface area contributed by atoms with Gasteiger partial charge in [0.1, 0.15) is 0 Å². The van der Waals surface area contributed by atoms with E-state index in [0.29, 0.717) is 33.3 Å². The van der Waals surface area contributed by atoms with Crippen molar-refractivity contribution in [2.45, 2.75) is 0 Å². The molecule has 216 valence electrons. The molecule has 0 atom stereocenters. The van der Waals surface area contributed by atoms with E-state index in [1.807, 2.05) is 60.0 Å². The van der Waals surface area contributed by atoms with Crippen LogP contribution < -0.4 is 25.5 Å². The Bertz CT molecular complexity index is 1730. The molecule has 0 bridgehead atoms. The minimum Gasteiger partial charge on any atom is -0.493 e. The Morgan fingerprint density at radius 1 is 0.930 bits per heavy atom. The van der Waals surface area contributed by atoms with Gasteiger partial charge < -0.3 is 20.1 Å². The molecule has 5 rings (SSSR count). The first-order chi connectivity index (χ1) is 21.0. The van der Waals surface area contributed by atoms with Crippen molar-refractivity contribution in [3.63, 3.8) is 0 Å². The fraction of sp³-hybridized carbons (Fsp3) is 0.0625. The molecule has 4 aromatic carbocycles. The minimum absolute atomic E-state index is 0.183. The summed E-state index contributed by atoms with van der Waals surface area (Å²) < 4.78 is 11.0. The first-order valence-electron chi connectivity index (χ1n) is 13.0. The summed E-state index contributed by atoms with van der Waals surface area (Å²) in [5.74, 6) is 0.173. The van der Waals surface area contributed by atoms with Gasteiger partial charge in [-0.05, 0) is 72.3 Å². The molecular formula is C32H26ClN5O4S. The van der Waals surface area contributed by atoms with Crippen LogP contribution >= 0.6 is 22.9 Å². The number of carbonyl (C=O) groups is 2. The molecule has 5 aromatic rings. The first-order valence-corrected chi connectivity index (χ1v) is 14.3. The highest BCUT2D eigenvalue weighted by Gasteiger charge is 2.10. The lowest BCUT2D eigenvalue weighted by Gasteiger charge is -2.11. The Labute approximate surface area is 257 Å². The third-order valence-corrected chi connectivity index (χ3v) is 7.04. The fourth-order valence-electron chi connectivity index (χ4n) is 3.89. The maximum Gasteiger partial charge on any atom is 0.271 e. The smallest absolute Gasteiger partial charge is 0.271 e. The zero-order chi connectivity index (χ0) is 30.0. The van der Waals surface area contributed by atoms with Gasteiger partial charge in [-0.3, -0.25) is 9.59 Å². The number of anilines is 3. The summed E-state index contributed by atoms with van der Waals surface area (Å²) >= 11 is 7.43. The summed E-state index contributed by atoms with van der Waals surface area (Å²) in [4.78, 5) is 29.4. The van der Waals surface area contributed by atoms with E-state index in [1.165, 1.54) is 24.7 Å². The molecule has 0 spiro atoms. The molecule has 0 radical (unpaired) electrons. The number of thiazole rings is 1. The van der Waals surface area contributed by atoms with Crippen LogP contribution in [0.1, 0.15) is 15.9 Å². The number of benzene rings is 4. The van der Waals surface area contributed by atoms with Gasteiger partial charge in [0.2, 0.25) is 0 Å². The molecule has 0 aliphatic rings. The zero-order valence-corrected chi connectivity index (χ0v) is 24.5. The van der Waals surface area contributed by atoms with Crippen molar-refractivity contribution in [1.82, 2.24) is 10.4 Å². The number of ether oxygens (including phenoxy) is 2. The van der Waals surface area contributed by atoms with Gasteiger partial charge in [0.15, 0.2) is 23.2 Å². The Balaban J connectivity index is 1.13. The fourth-order valence-corrected chi connectivity index (χ4v) is 4.75. The first kappa shape index (κ1) is 29.3. The summed E-state index contributed by atoms with van der Waals surface area (Å²) in [6.45, 7) is -0.183. The van der Waals surface area contributed by atoms with Gasteiger partial charge in [-0.2, -0.15) is 5.10 Å². The maximum absolute atomic E-state index is 12.6. The van der Waals surface area contributed by atoms with Crippen LogP contribution in [0.4, 0.5) is 16.5 Å². The number of nitrogens with zero attached hydrogens (tertiary/aromatic N) is 2. The monoisotopic (exact) mass is 611 g/mol. The van der Waals surface area contributed by atoms with E-state index in [0.717, 1.165) is 22.1 Å². The topological polar surface area (TPSA) is 114 Å². The Hall–Kier alpha value is -5.19. The van der Waals surface area contributed by atoms with Crippen molar-refractivity contribution in [2.24, 2.45) is 5.10 Å². The quantitative estimate of drug-likeness (QED) is 0.109. The molecule has 1 aromatic heterocycles. The molecule has 2 amide bonds. The van der Waals surface area contributed by atoms with Crippen molar-refractivity contribution in [3.05, 3.63) is 119 Å². The summed E-state index contributed by atoms with van der Waals surface area (Å²) in [6.07, 6.45) is 1.49. The van der Waals surface area contributed by atoms with E-state index < -0.39 is 0 Å². The van der Waals surface area contributed by atoms with Gasteiger partial charge in [-0.25, -0.2) is 10.4 Å². The summed E-state index contributed by atoms with van der Waals surface area (Å²) in [5.41, 5.74) is 6.90. The largest absolute Gasteiger partial charge is 0.493 e. The number of para-hydroxylation sites is 1. The van der Waals surface area contributed by atoms with Crippen molar-refractivity contribution < 1.29 is 19.1 Å². The van der Waals surface area contributed by atoms with Gasteiger partial charge in [-0.15, -0.1) is 11.3 Å². The lowest BCUT2D eigenvalue weighted by atomic mass is 10.1. The van der Waals surface area contributed by atoms with Crippen LogP contribution in [0.15, 0.2) is 108 Å². The van der Waals surface area contributed by atoms with Crippen LogP contribution in [0.25, 0.3) is 11.3 Å². The van der Waals surface area contributed by atoms with Crippen LogP contribution in [0.3, 0.4) is 0 Å². The van der Waals surface area contributed by atoms with Gasteiger partial charge in [0, 0.05) is 32.9 Å². The number of halogens is 1. The Kier molecular flexibility index (Phi) is 9.63. The lowest BCUT2D eigenvalue weighted by Crippen LogP contribution is -2.20. The average molecular weight is 612 g/mol. The van der Waals surface area contributed by atoms with Gasteiger partial charge in [0.25, 0.3) is 11.8 Å². The zero-order valence-electron chi connectivity index (χ0n) is 22.9. The molecule has 0 aliphatic heterocycles. The molecule has 3 N–H and O–H groups in total. The number of rotatable bonds is 11. The molecule has 9 nitrogen and oxygen atoms in total. The highest BCUT2D eigenvalue weighted by atomic mass is 35.5. The number of hydrazone groups is 1. The molecular weight excluding hydrogens is 586 g/mol. The van der Waals surface area contributed by atoms with E-state index in [9.17, 15) is 9.59 Å². The second-order valence-corrected chi connectivity index (χ2v) is 10.4. The van der Waals surface area contributed by atoms with E-state index in [-0.39, 0.29) is 18.4 Å². The van der Waals surface area contributed by atoms with Crippen molar-refractivity contribution in [2.75, 3.05) is 24.4 Å². The Morgan fingerprint density at radius 3 is 2.44 bits per heavy atom. The number of carbonyl (C=O) groups excluding carboxylic acids is 2. The van der Waals surface area contributed by atoms with E-state index in [4.69, 9.17) is 21.1 Å². The normalized spacial score (nSPS) is 10.7. The third-order valence-electron chi connectivity index (χ3n) is 6.03. The van der Waals surface area contributed by atoms with Gasteiger partial charge in [-0.1, -0.05) is 41.9 Å². The summed E-state index contributed by atoms with van der Waals surface area (Å²) in [5, 5.41) is 13.4. The molecule has 0 unspecified atom stereocenters. The summed E-state index contributed by atoms with van der Waals surface area (Å²) in [6, 6.07) is 28.7. The third kappa shape index (κ3) is 8.19. The van der Waals surface area contributed by atoms with E-state index >= 15 is 0 Å². The molecule has 0 saturated carbocycles. The molecule has 43 heavy (non-hydrogen) atoms. The predicted molar refractivity (Wildman–Crippen MR) is 171 cm³/mol. The van der Waals surface area contributed by atoms with Crippen LogP contribution in [-0.4, -0.2) is 36.7 Å². The molecule has 0 aliphatic carbocycles. The van der Waals surface area contributed by atoms with Gasteiger partial charge >= 0.3 is 0 Å². The van der Waals surface area contributed by atoms with E-state index in [2.05, 4.69) is 26.1 Å². The summed E-state index contributed by atoms with van der Waals surface area (Å²) in [7, 11) is 1.50. The highest BCUT2D eigenvalue weighted by molar-refractivity contribution is 7.14. The minimum atomic E-state index is -0.359. The lowest BCUT2D eigenvalue weighted by molar-refractivity contribution is -0.118. The second kappa shape index (κ2) is 14.1. The number of nitrogens with one attached hydrogen (secondary N) is 3. The Morgan fingerprint density at radius 2 is 1.70 bits per heavy atom. The van der Waals surface area contributed by atoms with Crippen molar-refractivity contribution >= 4 is 57.5 Å². The molecule has 0 saturated heterocycles. The van der Waals surface area contributed by atoms with E-state index in [1.54, 1.807) is 42.5 Å². The van der Waals surface area contributed by atoms with Crippen LogP contribution in [-0.2, 0) is 4.79 Å². The van der Waals surface area contributed by atoms with Crippen LogP contribution in [0.2, 0.25) is 5.02 Å². The average Bonchev–Trinajstić information content (AvgIpc) is 3.50. The predicted octanol–water partition coefficient (Wildman–Crippen LogP) is 7.00. The van der Waals surface area contributed by atoms with Crippen molar-refractivity contribution in [3.8, 4) is 22.8 Å². The maximum atomic E-state index is 12.6. The highest BCUT2D eigenvalue weighted by Crippen LogP contribution is 2.29. The molecule has 11 heteroatoms. The van der Waals surface area contributed by atoms with Gasteiger partial charge in [0.05, 0.1) is 19.0 Å². The number of hydrogen-bond donors (Lipinski definition) is 3. The number of amides is 2. The van der Waals surface area contributed by atoms with Crippen molar-refractivity contribution in [1.29, 1.82) is 0 Å². The number of hydrogen-bond acceptors (Lipinski definition) is 8. The molecule has 1 heterocycles. The van der Waals surface area contributed by atoms with Crippen LogP contribution in [0, 0.1) is 0 Å². The second-order valence-electron chi connectivity index (χ2n) is 9.06. The molecule has 0 fully saturated rings. The number of methoxy groups -OCH3 is 1. The standard InChI is InChI=1S/C32H26ClN5O4S/c1-41-29-17-21(7-16-28(29)42-19-30(39)35-25-5-3-2-4-6-25)18-34-38-31(40)23-10-8-22(9-11-23)27-20-43-32(37-27)36-26-14-12-24(33)13-15-26/h2-18,20H,19H2,1H3,(H,35,39)(H,36,37)(H,38,40)/b34-18-. The van der Waals surface area contributed by atoms with Crippen LogP contribution in [0.5, 0.6) is 11.5 Å². The number of aromatic nitrogens is 1. The SMILES string of the molecule is COc1cc(/C=N\NC(=O)c2ccc(-c3csc(Nc4ccc(Cl)cc4)n3)cc2)ccc1OCC(=O)Nc1ccccc1.